The van der Waals surface area contributed by atoms with Crippen molar-refractivity contribution >= 4 is 27.1 Å². The molecule has 2 aromatic rings. The van der Waals surface area contributed by atoms with Crippen molar-refractivity contribution in [1.29, 1.82) is 0 Å². The van der Waals surface area contributed by atoms with Gasteiger partial charge in [0.1, 0.15) is 5.52 Å². The number of nitrogens with zero attached hydrogens (tertiary/aromatic N) is 2. The number of para-hydroxylation sites is 2. The lowest BCUT2D eigenvalue weighted by Crippen LogP contribution is -2.46. The average molecular weight is 309 g/mol. The van der Waals surface area contributed by atoms with Crippen LogP contribution in [0.3, 0.4) is 0 Å². The Kier molecular flexibility index (Phi) is 3.86. The maximum atomic E-state index is 11.3. The van der Waals surface area contributed by atoms with Crippen LogP contribution in [0.1, 0.15) is 19.3 Å². The average Bonchev–Trinajstić information content (AvgIpc) is 2.88. The first kappa shape index (κ1) is 14.3. The maximum Gasteiger partial charge on any atom is 0.298 e. The fourth-order valence-electron chi connectivity index (χ4n) is 2.70. The zero-order valence-electron chi connectivity index (χ0n) is 11.9. The molecule has 1 N–H and O–H groups in total. The molecule has 0 amide bonds. The Balaban J connectivity index is 1.83. The molecule has 114 valence electrons. The number of piperidine rings is 1. The number of nitrogens with one attached hydrogen (secondary N) is 1. The number of anilines is 1. The quantitative estimate of drug-likeness (QED) is 0.931. The van der Waals surface area contributed by atoms with Crippen LogP contribution in [0.25, 0.3) is 11.1 Å². The van der Waals surface area contributed by atoms with Crippen molar-refractivity contribution in [2.24, 2.45) is 0 Å². The molecule has 0 saturated carbocycles. The Morgan fingerprint density at radius 1 is 1.38 bits per heavy atom. The topological polar surface area (TPSA) is 75.4 Å². The van der Waals surface area contributed by atoms with Crippen LogP contribution in [0.15, 0.2) is 28.7 Å². The summed E-state index contributed by atoms with van der Waals surface area (Å²) in [5.74, 6) is 0. The number of hydrogen-bond donors (Lipinski definition) is 1. The van der Waals surface area contributed by atoms with E-state index < -0.39 is 10.0 Å². The van der Waals surface area contributed by atoms with Gasteiger partial charge in [-0.15, -0.1) is 0 Å². The van der Waals surface area contributed by atoms with Crippen molar-refractivity contribution in [3.05, 3.63) is 24.3 Å². The predicted molar refractivity (Wildman–Crippen MR) is 81.8 cm³/mol. The smallest absolute Gasteiger partial charge is 0.298 e. The van der Waals surface area contributed by atoms with E-state index in [-0.39, 0.29) is 6.04 Å². The normalized spacial score (nSPS) is 20.0. The van der Waals surface area contributed by atoms with Gasteiger partial charge in [0.05, 0.1) is 6.26 Å². The number of fused-ring (bicyclic) bond motifs is 1. The van der Waals surface area contributed by atoms with Crippen LogP contribution in [0.2, 0.25) is 0 Å². The molecule has 0 aliphatic carbocycles. The molecule has 7 heteroatoms. The van der Waals surface area contributed by atoms with Gasteiger partial charge < -0.3 is 9.32 Å². The fourth-order valence-corrected chi connectivity index (χ4v) is 3.19. The van der Waals surface area contributed by atoms with Crippen LogP contribution >= 0.6 is 0 Å². The minimum atomic E-state index is -3.18. The van der Waals surface area contributed by atoms with E-state index in [9.17, 15) is 8.42 Å². The first-order valence-corrected chi connectivity index (χ1v) is 8.99. The van der Waals surface area contributed by atoms with E-state index in [1.165, 1.54) is 6.26 Å². The second-order valence-corrected chi connectivity index (χ2v) is 7.26. The van der Waals surface area contributed by atoms with E-state index in [0.717, 1.165) is 36.9 Å². The van der Waals surface area contributed by atoms with Gasteiger partial charge >= 0.3 is 0 Å². The molecule has 2 heterocycles. The molecule has 0 spiro atoms. The minimum Gasteiger partial charge on any atom is -0.423 e. The molecule has 1 saturated heterocycles. The first-order valence-electron chi connectivity index (χ1n) is 7.10. The minimum absolute atomic E-state index is 0.0848. The fraction of sp³-hybridized carbons (Fsp3) is 0.500. The summed E-state index contributed by atoms with van der Waals surface area (Å²) in [5, 5.41) is 0. The third kappa shape index (κ3) is 3.36. The van der Waals surface area contributed by atoms with Crippen LogP contribution in [0.4, 0.5) is 6.01 Å². The SMILES string of the molecule is CS(=O)(=O)NC[C@@H]1CCCCN1c1nc2ccccc2o1. The first-order chi connectivity index (χ1) is 10.0. The number of aromatic nitrogens is 1. The highest BCUT2D eigenvalue weighted by Gasteiger charge is 2.27. The molecular weight excluding hydrogens is 290 g/mol. The molecule has 1 atom stereocenters. The molecule has 1 fully saturated rings. The summed E-state index contributed by atoms with van der Waals surface area (Å²) in [6, 6.07) is 8.30. The highest BCUT2D eigenvalue weighted by atomic mass is 32.2. The number of oxazole rings is 1. The highest BCUT2D eigenvalue weighted by Crippen LogP contribution is 2.27. The van der Waals surface area contributed by atoms with Crippen LogP contribution in [0.5, 0.6) is 0 Å². The summed E-state index contributed by atoms with van der Waals surface area (Å²) in [6.07, 6.45) is 4.27. The summed E-state index contributed by atoms with van der Waals surface area (Å²) in [5.41, 5.74) is 1.58. The van der Waals surface area contributed by atoms with Gasteiger partial charge in [-0.05, 0) is 31.4 Å². The van der Waals surface area contributed by atoms with Crippen molar-refractivity contribution < 1.29 is 12.8 Å². The second-order valence-electron chi connectivity index (χ2n) is 5.43. The second kappa shape index (κ2) is 5.65. The molecule has 1 aliphatic heterocycles. The third-order valence-corrected chi connectivity index (χ3v) is 4.43. The van der Waals surface area contributed by atoms with Gasteiger partial charge in [-0.1, -0.05) is 12.1 Å². The van der Waals surface area contributed by atoms with Gasteiger partial charge in [0, 0.05) is 19.1 Å². The van der Waals surface area contributed by atoms with E-state index in [2.05, 4.69) is 14.6 Å². The van der Waals surface area contributed by atoms with Crippen LogP contribution in [0, 0.1) is 0 Å². The number of hydrogen-bond acceptors (Lipinski definition) is 5. The number of sulfonamides is 1. The molecule has 1 aliphatic rings. The standard InChI is InChI=1S/C14H19N3O3S/c1-21(18,19)15-10-11-6-4-5-9-17(11)14-16-12-7-2-3-8-13(12)20-14/h2-3,7-8,11,15H,4-6,9-10H2,1H3/t11-/m0/s1. The van der Waals surface area contributed by atoms with E-state index >= 15 is 0 Å². The van der Waals surface area contributed by atoms with Gasteiger partial charge in [0.15, 0.2) is 5.58 Å². The van der Waals surface area contributed by atoms with Crippen LogP contribution in [-0.2, 0) is 10.0 Å². The summed E-state index contributed by atoms with van der Waals surface area (Å²) in [4.78, 5) is 6.58. The maximum absolute atomic E-state index is 11.3. The molecule has 6 nitrogen and oxygen atoms in total. The van der Waals surface area contributed by atoms with Gasteiger partial charge in [-0.3, -0.25) is 0 Å². The molecule has 0 bridgehead atoms. The third-order valence-electron chi connectivity index (χ3n) is 3.74. The molecule has 21 heavy (non-hydrogen) atoms. The molecule has 0 radical (unpaired) electrons. The Hall–Kier alpha value is -1.60. The Morgan fingerprint density at radius 2 is 2.19 bits per heavy atom. The van der Waals surface area contributed by atoms with Gasteiger partial charge in [-0.25, -0.2) is 13.1 Å². The number of rotatable bonds is 4. The summed E-state index contributed by atoms with van der Waals surface area (Å²) in [6.45, 7) is 1.22. The van der Waals surface area contributed by atoms with Gasteiger partial charge in [-0.2, -0.15) is 4.98 Å². The largest absolute Gasteiger partial charge is 0.423 e. The Labute approximate surface area is 124 Å². The Morgan fingerprint density at radius 3 is 2.95 bits per heavy atom. The van der Waals surface area contributed by atoms with Crippen molar-refractivity contribution in [2.75, 3.05) is 24.2 Å². The van der Waals surface area contributed by atoms with E-state index in [1.54, 1.807) is 0 Å². The van der Waals surface area contributed by atoms with Crippen molar-refractivity contribution in [1.82, 2.24) is 9.71 Å². The molecule has 1 aromatic heterocycles. The molecule has 1 aromatic carbocycles. The molecule has 0 unspecified atom stereocenters. The van der Waals surface area contributed by atoms with Gasteiger partial charge in [0.2, 0.25) is 10.0 Å². The van der Waals surface area contributed by atoms with Crippen molar-refractivity contribution in [3.8, 4) is 0 Å². The molecule has 3 rings (SSSR count). The van der Waals surface area contributed by atoms with E-state index in [0.29, 0.717) is 12.6 Å². The van der Waals surface area contributed by atoms with Crippen LogP contribution < -0.4 is 9.62 Å². The van der Waals surface area contributed by atoms with Gasteiger partial charge in [0.25, 0.3) is 6.01 Å². The summed E-state index contributed by atoms with van der Waals surface area (Å²) < 4.78 is 31.0. The lowest BCUT2D eigenvalue weighted by Gasteiger charge is -2.34. The Bertz CT molecular complexity index is 693. The van der Waals surface area contributed by atoms with E-state index in [4.69, 9.17) is 4.42 Å². The highest BCUT2D eigenvalue weighted by molar-refractivity contribution is 7.88. The van der Waals surface area contributed by atoms with E-state index in [1.807, 2.05) is 24.3 Å². The summed E-state index contributed by atoms with van der Waals surface area (Å²) in [7, 11) is -3.18. The monoisotopic (exact) mass is 309 g/mol. The zero-order chi connectivity index (χ0) is 14.9. The molecular formula is C14H19N3O3S. The zero-order valence-corrected chi connectivity index (χ0v) is 12.8. The summed E-state index contributed by atoms with van der Waals surface area (Å²) >= 11 is 0. The van der Waals surface area contributed by atoms with Crippen molar-refractivity contribution in [2.45, 2.75) is 25.3 Å². The lowest BCUT2D eigenvalue weighted by atomic mass is 10.0. The van der Waals surface area contributed by atoms with Crippen LogP contribution in [-0.4, -0.2) is 38.8 Å². The number of benzene rings is 1. The lowest BCUT2D eigenvalue weighted by molar-refractivity contribution is 0.420. The predicted octanol–water partition coefficient (Wildman–Crippen LogP) is 1.74. The van der Waals surface area contributed by atoms with Crippen molar-refractivity contribution in [3.63, 3.8) is 0 Å².